The molecule has 4 aromatic rings. The zero-order valence-electron chi connectivity index (χ0n) is 20.3. The molecule has 3 aliphatic rings. The monoisotopic (exact) mass is 538 g/mol. The number of nitrogens with one attached hydrogen (secondary N) is 1. The van der Waals surface area contributed by atoms with Crippen molar-refractivity contribution in [3.05, 3.63) is 40.5 Å². The van der Waals surface area contributed by atoms with Crippen LogP contribution in [0.5, 0.6) is 0 Å². The van der Waals surface area contributed by atoms with Crippen molar-refractivity contribution < 1.29 is 13.4 Å². The number of pyridine rings is 1. The Morgan fingerprint density at radius 1 is 1.11 bits per heavy atom. The number of hydrogen-bond donors (Lipinski definition) is 1. The molecule has 0 saturated carbocycles. The lowest BCUT2D eigenvalue weighted by molar-refractivity contribution is 0.122. The molecule has 2 saturated heterocycles. The van der Waals surface area contributed by atoms with Crippen LogP contribution in [0.2, 0.25) is 5.02 Å². The van der Waals surface area contributed by atoms with Crippen LogP contribution in [0, 0.1) is 0 Å². The van der Waals surface area contributed by atoms with Gasteiger partial charge in [0.05, 0.1) is 23.6 Å². The van der Waals surface area contributed by atoms with Crippen molar-refractivity contribution in [2.45, 2.75) is 13.0 Å². The van der Waals surface area contributed by atoms with Gasteiger partial charge in [-0.3, -0.25) is 9.11 Å². The Bertz CT molecular complexity index is 1530. The minimum atomic E-state index is -0.700. The van der Waals surface area contributed by atoms with E-state index in [0.29, 0.717) is 35.4 Å². The molecule has 0 unspecified atom stereocenters. The highest BCUT2D eigenvalue weighted by Gasteiger charge is 2.27. The molecular weight excluding hydrogens is 512 g/mol. The molecule has 0 spiro atoms. The average Bonchev–Trinajstić information content (AvgIpc) is 3.54. The Morgan fingerprint density at radius 2 is 1.95 bits per heavy atom. The molecule has 0 amide bonds. The molecule has 1 aromatic carbocycles. The summed E-state index contributed by atoms with van der Waals surface area (Å²) in [4.78, 5) is 19.3. The minimum Gasteiger partial charge on any atom is -0.432 e. The Balaban J connectivity index is 1.38. The molecule has 7 rings (SSSR count). The number of fused-ring (bicyclic) bond motifs is 4. The number of hydrogen-bond acceptors (Lipinski definition) is 9. The fourth-order valence-corrected chi connectivity index (χ4v) is 6.84. The first-order valence-corrected chi connectivity index (χ1v) is 14.6. The van der Waals surface area contributed by atoms with Gasteiger partial charge in [0, 0.05) is 79.0 Å². The zero-order valence-corrected chi connectivity index (χ0v) is 21.9. The van der Waals surface area contributed by atoms with Crippen LogP contribution in [-0.4, -0.2) is 81.5 Å². The Kier molecular flexibility index (Phi) is 5.99. The second-order valence-electron chi connectivity index (χ2n) is 9.70. The second kappa shape index (κ2) is 9.50. The van der Waals surface area contributed by atoms with E-state index in [1.165, 1.54) is 0 Å². The summed E-state index contributed by atoms with van der Waals surface area (Å²) in [5, 5.41) is 4.94. The Hall–Kier alpha value is -2.79. The summed E-state index contributed by atoms with van der Waals surface area (Å²) < 4.78 is 23.7. The van der Waals surface area contributed by atoms with E-state index in [9.17, 15) is 4.21 Å². The molecule has 6 heterocycles. The number of anilines is 2. The third-order valence-corrected chi connectivity index (χ3v) is 8.96. The summed E-state index contributed by atoms with van der Waals surface area (Å²) in [6.45, 7) is 5.99. The number of furan rings is 1. The van der Waals surface area contributed by atoms with Crippen LogP contribution < -0.4 is 10.2 Å². The van der Waals surface area contributed by atoms with E-state index in [0.717, 1.165) is 96.3 Å². The molecule has 11 heteroatoms. The number of nitrogens with zero attached hydrogens (tertiary/aromatic N) is 5. The van der Waals surface area contributed by atoms with Crippen molar-refractivity contribution in [1.29, 1.82) is 0 Å². The van der Waals surface area contributed by atoms with Crippen molar-refractivity contribution in [3.8, 4) is 11.4 Å². The number of halogens is 1. The van der Waals surface area contributed by atoms with Crippen LogP contribution in [0.3, 0.4) is 0 Å². The van der Waals surface area contributed by atoms with E-state index >= 15 is 0 Å². The molecule has 0 bridgehead atoms. The van der Waals surface area contributed by atoms with Crippen LogP contribution >= 0.6 is 11.6 Å². The van der Waals surface area contributed by atoms with Crippen LogP contribution in [0.1, 0.15) is 11.1 Å². The summed E-state index contributed by atoms with van der Waals surface area (Å²) >= 11 is 6.76. The number of benzene rings is 1. The summed E-state index contributed by atoms with van der Waals surface area (Å²) in [7, 11) is -0.700. The van der Waals surface area contributed by atoms with Crippen LogP contribution in [0.25, 0.3) is 33.6 Å². The third kappa shape index (κ3) is 4.25. The van der Waals surface area contributed by atoms with Gasteiger partial charge < -0.3 is 19.4 Å². The first kappa shape index (κ1) is 23.3. The first-order chi connectivity index (χ1) is 18.1. The van der Waals surface area contributed by atoms with E-state index in [-0.39, 0.29) is 0 Å². The van der Waals surface area contributed by atoms with E-state index in [1.807, 2.05) is 18.3 Å². The van der Waals surface area contributed by atoms with E-state index in [1.54, 1.807) is 0 Å². The number of aromatic nitrogens is 3. The largest absolute Gasteiger partial charge is 0.432 e. The van der Waals surface area contributed by atoms with Gasteiger partial charge in [-0.15, -0.1) is 0 Å². The smallest absolute Gasteiger partial charge is 0.229 e. The molecule has 0 atom stereocenters. The Labute approximate surface area is 221 Å². The third-order valence-electron chi connectivity index (χ3n) is 7.37. The maximum absolute atomic E-state index is 11.8. The fraction of sp³-hybridized carbons (Fsp3) is 0.423. The van der Waals surface area contributed by atoms with Crippen LogP contribution in [0.4, 0.5) is 11.5 Å². The SMILES string of the molecule is O=S1CCN(Cc2cnc3oc4c(N5CCOCC5)nc(-c5c(Cl)ccc6c5CCN6)nc4c3c2)CC1. The maximum atomic E-state index is 11.8. The minimum absolute atomic E-state index is 0.547. The Morgan fingerprint density at radius 3 is 2.78 bits per heavy atom. The first-order valence-electron chi connectivity index (χ1n) is 12.7. The summed E-state index contributed by atoms with van der Waals surface area (Å²) in [5.41, 5.74) is 6.12. The molecule has 9 nitrogen and oxygen atoms in total. The normalized spacial score (nSPS) is 19.0. The van der Waals surface area contributed by atoms with Gasteiger partial charge in [-0.05, 0) is 35.7 Å². The highest BCUT2D eigenvalue weighted by molar-refractivity contribution is 7.85. The molecule has 3 aromatic heterocycles. The van der Waals surface area contributed by atoms with Crippen molar-refractivity contribution >= 4 is 56.1 Å². The van der Waals surface area contributed by atoms with Crippen molar-refractivity contribution in [1.82, 2.24) is 19.9 Å². The number of morpholine rings is 1. The highest BCUT2D eigenvalue weighted by Crippen LogP contribution is 2.40. The molecule has 1 N–H and O–H groups in total. The molecule has 0 aliphatic carbocycles. The van der Waals surface area contributed by atoms with Gasteiger partial charge in [-0.25, -0.2) is 15.0 Å². The topological polar surface area (TPSA) is 96.6 Å². The maximum Gasteiger partial charge on any atom is 0.229 e. The average molecular weight is 539 g/mol. The molecular formula is C26H27ClN6O3S. The van der Waals surface area contributed by atoms with Gasteiger partial charge in [-0.1, -0.05) is 11.6 Å². The lowest BCUT2D eigenvalue weighted by Crippen LogP contribution is -2.37. The van der Waals surface area contributed by atoms with Gasteiger partial charge in [0.1, 0.15) is 5.52 Å². The molecule has 0 radical (unpaired) electrons. The van der Waals surface area contributed by atoms with E-state index in [2.05, 4.69) is 26.2 Å². The van der Waals surface area contributed by atoms with Crippen molar-refractivity contribution in [3.63, 3.8) is 0 Å². The lowest BCUT2D eigenvalue weighted by Gasteiger charge is -2.28. The number of rotatable bonds is 4. The molecule has 2 fully saturated rings. The van der Waals surface area contributed by atoms with Gasteiger partial charge in [0.15, 0.2) is 17.2 Å². The lowest BCUT2D eigenvalue weighted by atomic mass is 10.0. The fourth-order valence-electron chi connectivity index (χ4n) is 5.45. The van der Waals surface area contributed by atoms with E-state index in [4.69, 9.17) is 30.7 Å². The quantitative estimate of drug-likeness (QED) is 0.419. The summed E-state index contributed by atoms with van der Waals surface area (Å²) in [5.74, 6) is 2.80. The van der Waals surface area contributed by atoms with E-state index < -0.39 is 10.8 Å². The standard InChI is InChI=1S/C26H27ClN6O3S/c27-19-1-2-20-17(3-4-28-20)21(19)24-30-22-18-13-16(15-32-7-11-37(34)12-8-32)14-29-26(18)36-23(22)25(31-24)33-5-9-35-10-6-33/h1-2,13-14,28H,3-12,15H2. The summed E-state index contributed by atoms with van der Waals surface area (Å²) in [6.07, 6.45) is 2.74. The van der Waals surface area contributed by atoms with Crippen LogP contribution in [-0.2, 0) is 28.5 Å². The molecule has 37 heavy (non-hydrogen) atoms. The van der Waals surface area contributed by atoms with Gasteiger partial charge in [0.2, 0.25) is 5.71 Å². The molecule has 192 valence electrons. The predicted octanol–water partition coefficient (Wildman–Crippen LogP) is 3.46. The highest BCUT2D eigenvalue weighted by atomic mass is 35.5. The van der Waals surface area contributed by atoms with Crippen molar-refractivity contribution in [2.24, 2.45) is 0 Å². The summed E-state index contributed by atoms with van der Waals surface area (Å²) in [6, 6.07) is 6.06. The number of ether oxygens (including phenoxy) is 1. The van der Waals surface area contributed by atoms with Gasteiger partial charge >= 0.3 is 0 Å². The van der Waals surface area contributed by atoms with Gasteiger partial charge in [0.25, 0.3) is 0 Å². The van der Waals surface area contributed by atoms with Gasteiger partial charge in [-0.2, -0.15) is 0 Å². The second-order valence-corrected chi connectivity index (χ2v) is 11.8. The zero-order chi connectivity index (χ0) is 24.9. The van der Waals surface area contributed by atoms with Crippen molar-refractivity contribution in [2.75, 3.05) is 67.7 Å². The molecule has 3 aliphatic heterocycles. The van der Waals surface area contributed by atoms with Crippen LogP contribution in [0.15, 0.2) is 28.8 Å². The predicted molar refractivity (Wildman–Crippen MR) is 146 cm³/mol.